The Morgan fingerprint density at radius 2 is 1.63 bits per heavy atom. The van der Waals surface area contributed by atoms with Gasteiger partial charge in [0, 0.05) is 22.9 Å². The summed E-state index contributed by atoms with van der Waals surface area (Å²) in [6.45, 7) is 4.21. The molecule has 0 atom stereocenters. The summed E-state index contributed by atoms with van der Waals surface area (Å²) >= 11 is 18.8. The zero-order valence-corrected chi connectivity index (χ0v) is 18.8. The van der Waals surface area contributed by atoms with Crippen molar-refractivity contribution in [2.75, 3.05) is 17.2 Å². The maximum atomic E-state index is 12.2. The van der Waals surface area contributed by atoms with Gasteiger partial charge in [0.2, 0.25) is 0 Å². The summed E-state index contributed by atoms with van der Waals surface area (Å²) in [5.74, 6) is -0.0189. The van der Waals surface area contributed by atoms with Gasteiger partial charge in [-0.3, -0.25) is 4.79 Å². The van der Waals surface area contributed by atoms with E-state index in [-0.39, 0.29) is 18.3 Å². The third-order valence-electron chi connectivity index (χ3n) is 4.38. The number of benzene rings is 3. The number of ether oxygens (including phenoxy) is 1. The van der Waals surface area contributed by atoms with Crippen LogP contribution in [-0.4, -0.2) is 12.5 Å². The lowest BCUT2D eigenvalue weighted by Crippen LogP contribution is -2.20. The molecule has 0 radical (unpaired) electrons. The van der Waals surface area contributed by atoms with E-state index in [0.29, 0.717) is 27.3 Å². The van der Waals surface area contributed by atoms with Gasteiger partial charge < -0.3 is 15.4 Å². The average Bonchev–Trinajstić information content (AvgIpc) is 2.68. The predicted octanol–water partition coefficient (Wildman–Crippen LogP) is 6.89. The molecular formula is C23H21Cl3N2O2. The summed E-state index contributed by atoms with van der Waals surface area (Å²) < 4.78 is 5.56. The molecule has 0 saturated carbocycles. The van der Waals surface area contributed by atoms with Crippen LogP contribution in [0.15, 0.2) is 54.6 Å². The average molecular weight is 464 g/mol. The summed E-state index contributed by atoms with van der Waals surface area (Å²) in [6, 6.07) is 16.8. The van der Waals surface area contributed by atoms with E-state index in [1.807, 2.05) is 56.3 Å². The maximum absolute atomic E-state index is 12.2. The molecule has 3 aromatic carbocycles. The minimum atomic E-state index is -0.297. The number of aryl methyl sites for hydroxylation is 2. The summed E-state index contributed by atoms with van der Waals surface area (Å²) in [7, 11) is 0. The van der Waals surface area contributed by atoms with E-state index >= 15 is 0 Å². The van der Waals surface area contributed by atoms with Crippen LogP contribution in [0.1, 0.15) is 16.7 Å². The first-order valence-corrected chi connectivity index (χ1v) is 10.4. The van der Waals surface area contributed by atoms with Crippen LogP contribution in [0.3, 0.4) is 0 Å². The Morgan fingerprint density at radius 1 is 0.900 bits per heavy atom. The number of nitrogens with one attached hydrogen (secondary N) is 2. The highest BCUT2D eigenvalue weighted by atomic mass is 35.5. The van der Waals surface area contributed by atoms with Crippen LogP contribution in [0.4, 0.5) is 11.4 Å². The molecule has 156 valence electrons. The monoisotopic (exact) mass is 462 g/mol. The van der Waals surface area contributed by atoms with Gasteiger partial charge in [-0.2, -0.15) is 0 Å². The molecule has 2 N–H and O–H groups in total. The Hall–Kier alpha value is -2.40. The number of carbonyl (C=O) groups excluding carboxylic acids is 1. The number of hydrogen-bond donors (Lipinski definition) is 2. The molecule has 0 aliphatic heterocycles. The molecular weight excluding hydrogens is 443 g/mol. The number of halogens is 3. The van der Waals surface area contributed by atoms with Crippen LogP contribution in [-0.2, 0) is 11.3 Å². The Labute approximate surface area is 191 Å². The predicted molar refractivity (Wildman–Crippen MR) is 125 cm³/mol. The van der Waals surface area contributed by atoms with E-state index in [4.69, 9.17) is 39.5 Å². The van der Waals surface area contributed by atoms with Crippen LogP contribution in [0, 0.1) is 13.8 Å². The van der Waals surface area contributed by atoms with Crippen molar-refractivity contribution in [3.8, 4) is 5.75 Å². The first-order chi connectivity index (χ1) is 14.3. The van der Waals surface area contributed by atoms with E-state index in [1.54, 1.807) is 12.1 Å². The highest BCUT2D eigenvalue weighted by Crippen LogP contribution is 2.34. The Bertz CT molecular complexity index is 1050. The lowest BCUT2D eigenvalue weighted by molar-refractivity contribution is -0.118. The molecule has 0 unspecified atom stereocenters. The van der Waals surface area contributed by atoms with Crippen molar-refractivity contribution in [3.63, 3.8) is 0 Å². The quantitative estimate of drug-likeness (QED) is 0.401. The lowest BCUT2D eigenvalue weighted by Gasteiger charge is -2.13. The molecule has 0 spiro atoms. The molecule has 4 nitrogen and oxygen atoms in total. The molecule has 3 aromatic rings. The normalized spacial score (nSPS) is 10.6. The first kappa shape index (κ1) is 22.3. The Morgan fingerprint density at radius 3 is 2.30 bits per heavy atom. The molecule has 3 rings (SSSR count). The summed E-state index contributed by atoms with van der Waals surface area (Å²) in [4.78, 5) is 12.2. The number of hydrogen-bond acceptors (Lipinski definition) is 3. The van der Waals surface area contributed by atoms with E-state index in [9.17, 15) is 4.79 Å². The third kappa shape index (κ3) is 6.05. The fourth-order valence-electron chi connectivity index (χ4n) is 2.82. The molecule has 0 saturated heterocycles. The Kier molecular flexibility index (Phi) is 7.48. The molecule has 30 heavy (non-hydrogen) atoms. The minimum Gasteiger partial charge on any atom is -0.481 e. The van der Waals surface area contributed by atoms with Gasteiger partial charge in [0.05, 0.1) is 10.0 Å². The highest BCUT2D eigenvalue weighted by molar-refractivity contribution is 6.37. The molecule has 0 fully saturated rings. The number of rotatable bonds is 7. The second kappa shape index (κ2) is 10.1. The van der Waals surface area contributed by atoms with Crippen LogP contribution in [0.2, 0.25) is 15.1 Å². The largest absolute Gasteiger partial charge is 0.481 e. The summed E-state index contributed by atoms with van der Waals surface area (Å²) in [5, 5.41) is 7.43. The van der Waals surface area contributed by atoms with E-state index in [1.165, 1.54) is 0 Å². The van der Waals surface area contributed by atoms with E-state index < -0.39 is 0 Å². The van der Waals surface area contributed by atoms with Crippen molar-refractivity contribution in [2.24, 2.45) is 0 Å². The van der Waals surface area contributed by atoms with E-state index in [2.05, 4.69) is 10.6 Å². The number of carbonyl (C=O) groups is 1. The molecule has 0 aliphatic rings. The topological polar surface area (TPSA) is 50.4 Å². The summed E-state index contributed by atoms with van der Waals surface area (Å²) in [6.07, 6.45) is 0. The minimum absolute atomic E-state index is 0.202. The van der Waals surface area contributed by atoms with Gasteiger partial charge in [0.15, 0.2) is 12.4 Å². The second-order valence-electron chi connectivity index (χ2n) is 6.91. The Balaban J connectivity index is 1.59. The van der Waals surface area contributed by atoms with Crippen LogP contribution >= 0.6 is 34.8 Å². The highest BCUT2D eigenvalue weighted by Gasteiger charge is 2.12. The molecule has 0 aromatic heterocycles. The van der Waals surface area contributed by atoms with Crippen molar-refractivity contribution in [2.45, 2.75) is 20.4 Å². The van der Waals surface area contributed by atoms with Crippen LogP contribution in [0.5, 0.6) is 5.75 Å². The van der Waals surface area contributed by atoms with Crippen molar-refractivity contribution >= 4 is 52.1 Å². The molecule has 0 aliphatic carbocycles. The number of anilines is 2. The summed E-state index contributed by atoms with van der Waals surface area (Å²) in [5.41, 5.74) is 4.54. The molecule has 0 heterocycles. The zero-order valence-electron chi connectivity index (χ0n) is 16.6. The number of amides is 1. The van der Waals surface area contributed by atoms with Gasteiger partial charge in [0.1, 0.15) is 0 Å². The van der Waals surface area contributed by atoms with Gasteiger partial charge in [-0.25, -0.2) is 0 Å². The van der Waals surface area contributed by atoms with Gasteiger partial charge in [0.25, 0.3) is 5.91 Å². The van der Waals surface area contributed by atoms with Crippen molar-refractivity contribution < 1.29 is 9.53 Å². The standard InChI is InChI=1S/C23H21Cl3N2O2/c1-14-4-3-5-18(8-14)28-22(29)13-30-23-20(25)9-16(10-21(23)26)12-27-17-7-6-15(2)19(24)11-17/h3-11,27H,12-13H2,1-2H3,(H,28,29). The molecule has 7 heteroatoms. The zero-order chi connectivity index (χ0) is 21.7. The van der Waals surface area contributed by atoms with Crippen molar-refractivity contribution in [1.29, 1.82) is 0 Å². The van der Waals surface area contributed by atoms with Gasteiger partial charge in [-0.05, 0) is 66.9 Å². The lowest BCUT2D eigenvalue weighted by atomic mass is 10.2. The van der Waals surface area contributed by atoms with Crippen LogP contribution < -0.4 is 15.4 Å². The van der Waals surface area contributed by atoms with E-state index in [0.717, 1.165) is 22.4 Å². The third-order valence-corrected chi connectivity index (χ3v) is 5.34. The second-order valence-corrected chi connectivity index (χ2v) is 8.13. The molecule has 1 amide bonds. The van der Waals surface area contributed by atoms with Crippen molar-refractivity contribution in [1.82, 2.24) is 0 Å². The fourth-order valence-corrected chi connectivity index (χ4v) is 3.64. The smallest absolute Gasteiger partial charge is 0.262 e. The van der Waals surface area contributed by atoms with Gasteiger partial charge in [-0.15, -0.1) is 0 Å². The molecule has 0 bridgehead atoms. The fraction of sp³-hybridized carbons (Fsp3) is 0.174. The van der Waals surface area contributed by atoms with Gasteiger partial charge >= 0.3 is 0 Å². The maximum Gasteiger partial charge on any atom is 0.262 e. The van der Waals surface area contributed by atoms with Crippen molar-refractivity contribution in [3.05, 3.63) is 86.4 Å². The van der Waals surface area contributed by atoms with Crippen LogP contribution in [0.25, 0.3) is 0 Å². The SMILES string of the molecule is Cc1cccc(NC(=O)COc2c(Cl)cc(CNc3ccc(C)c(Cl)c3)cc2Cl)c1. The van der Waals surface area contributed by atoms with Gasteiger partial charge in [-0.1, -0.05) is 53.0 Å². The first-order valence-electron chi connectivity index (χ1n) is 9.29.